The van der Waals surface area contributed by atoms with Crippen molar-refractivity contribution >= 4 is 11.7 Å². The molecule has 1 aromatic heterocycles. The summed E-state index contributed by atoms with van der Waals surface area (Å²) in [6.45, 7) is 0. The van der Waals surface area contributed by atoms with Crippen LogP contribution in [0.5, 0.6) is 0 Å². The van der Waals surface area contributed by atoms with Gasteiger partial charge in [-0.2, -0.15) is 0 Å². The van der Waals surface area contributed by atoms with Crippen LogP contribution in [0.4, 0.5) is 0 Å². The second kappa shape index (κ2) is 3.52. The summed E-state index contributed by atoms with van der Waals surface area (Å²) in [6.07, 6.45) is 2.47. The van der Waals surface area contributed by atoms with Crippen molar-refractivity contribution in [3.05, 3.63) is 36.2 Å². The Kier molecular flexibility index (Phi) is 2.42. The van der Waals surface area contributed by atoms with Gasteiger partial charge in [0.2, 0.25) is 0 Å². The minimum Gasteiger partial charge on any atom is -0.478 e. The van der Waals surface area contributed by atoms with Crippen LogP contribution < -0.4 is 5.73 Å². The van der Waals surface area contributed by atoms with Crippen molar-refractivity contribution in [1.29, 1.82) is 0 Å². The number of hydrogen-bond donors (Lipinski definition) is 2. The summed E-state index contributed by atoms with van der Waals surface area (Å²) in [6, 6.07) is 5.12. The van der Waals surface area contributed by atoms with Crippen molar-refractivity contribution in [2.24, 2.45) is 5.73 Å². The number of carboxylic acids is 1. The summed E-state index contributed by atoms with van der Waals surface area (Å²) in [5, 5.41) is 8.36. The van der Waals surface area contributed by atoms with Crippen molar-refractivity contribution < 1.29 is 9.90 Å². The van der Waals surface area contributed by atoms with Crippen molar-refractivity contribution in [2.45, 2.75) is 0 Å². The Bertz CT molecular complexity index is 306. The SMILES string of the molecule is N/C(=C/C(=O)O)c1ccccn1. The number of nitrogens with zero attached hydrogens (tertiary/aromatic N) is 1. The lowest BCUT2D eigenvalue weighted by Crippen LogP contribution is -2.02. The molecule has 4 nitrogen and oxygen atoms in total. The number of carboxylic acid groups (broad SMARTS) is 1. The van der Waals surface area contributed by atoms with Crippen molar-refractivity contribution in [3.63, 3.8) is 0 Å². The zero-order valence-electron chi connectivity index (χ0n) is 6.27. The number of hydrogen-bond acceptors (Lipinski definition) is 3. The molecule has 1 heterocycles. The van der Waals surface area contributed by atoms with Crippen LogP contribution in [-0.4, -0.2) is 16.1 Å². The maximum atomic E-state index is 10.2. The molecule has 0 bridgehead atoms. The maximum absolute atomic E-state index is 10.2. The van der Waals surface area contributed by atoms with Gasteiger partial charge in [-0.15, -0.1) is 0 Å². The maximum Gasteiger partial charge on any atom is 0.330 e. The van der Waals surface area contributed by atoms with E-state index in [1.807, 2.05) is 0 Å². The molecule has 0 aliphatic rings. The third-order valence-electron chi connectivity index (χ3n) is 1.24. The Morgan fingerprint density at radius 2 is 2.33 bits per heavy atom. The van der Waals surface area contributed by atoms with E-state index in [-0.39, 0.29) is 5.70 Å². The molecular weight excluding hydrogens is 156 g/mol. The Labute approximate surface area is 69.4 Å². The van der Waals surface area contributed by atoms with Gasteiger partial charge in [-0.05, 0) is 12.1 Å². The van der Waals surface area contributed by atoms with Crippen molar-refractivity contribution in [2.75, 3.05) is 0 Å². The molecule has 4 heteroatoms. The van der Waals surface area contributed by atoms with Gasteiger partial charge in [0.1, 0.15) is 0 Å². The zero-order valence-corrected chi connectivity index (χ0v) is 6.27. The van der Waals surface area contributed by atoms with E-state index >= 15 is 0 Å². The Balaban J connectivity index is 2.93. The van der Waals surface area contributed by atoms with Gasteiger partial charge in [-0.1, -0.05) is 6.07 Å². The summed E-state index contributed by atoms with van der Waals surface area (Å²) in [5.74, 6) is -1.07. The van der Waals surface area contributed by atoms with Crippen molar-refractivity contribution in [1.82, 2.24) is 4.98 Å². The third-order valence-corrected chi connectivity index (χ3v) is 1.24. The van der Waals surface area contributed by atoms with Gasteiger partial charge in [-0.25, -0.2) is 4.79 Å². The average molecular weight is 164 g/mol. The lowest BCUT2D eigenvalue weighted by Gasteiger charge is -1.96. The van der Waals surface area contributed by atoms with Gasteiger partial charge in [0.25, 0.3) is 0 Å². The highest BCUT2D eigenvalue weighted by molar-refractivity contribution is 5.88. The van der Waals surface area contributed by atoms with E-state index in [2.05, 4.69) is 4.98 Å². The molecule has 0 unspecified atom stereocenters. The second-order valence-corrected chi connectivity index (χ2v) is 2.15. The first-order valence-electron chi connectivity index (χ1n) is 3.31. The molecule has 0 fully saturated rings. The van der Waals surface area contributed by atoms with E-state index in [1.54, 1.807) is 24.4 Å². The summed E-state index contributed by atoms with van der Waals surface area (Å²) < 4.78 is 0. The molecule has 12 heavy (non-hydrogen) atoms. The van der Waals surface area contributed by atoms with Crippen LogP contribution in [0.25, 0.3) is 5.70 Å². The van der Waals surface area contributed by atoms with E-state index in [0.717, 1.165) is 6.08 Å². The van der Waals surface area contributed by atoms with Gasteiger partial charge in [0.15, 0.2) is 0 Å². The molecule has 62 valence electrons. The lowest BCUT2D eigenvalue weighted by atomic mass is 10.3. The van der Waals surface area contributed by atoms with Crippen LogP contribution in [0.1, 0.15) is 5.69 Å². The molecule has 0 aromatic carbocycles. The number of rotatable bonds is 2. The molecule has 0 saturated carbocycles. The fourth-order valence-electron chi connectivity index (χ4n) is 0.740. The van der Waals surface area contributed by atoms with E-state index in [9.17, 15) is 4.79 Å². The number of aromatic nitrogens is 1. The average Bonchev–Trinajstić information content (AvgIpc) is 2.05. The molecule has 1 aromatic rings. The molecule has 0 atom stereocenters. The Morgan fingerprint density at radius 1 is 1.58 bits per heavy atom. The molecule has 1 rings (SSSR count). The number of aliphatic carboxylic acids is 1. The van der Waals surface area contributed by atoms with E-state index < -0.39 is 5.97 Å². The van der Waals surface area contributed by atoms with Crippen LogP contribution in [-0.2, 0) is 4.79 Å². The van der Waals surface area contributed by atoms with Crippen LogP contribution in [0, 0.1) is 0 Å². The molecular formula is C8H8N2O2. The van der Waals surface area contributed by atoms with Crippen LogP contribution in [0.15, 0.2) is 30.5 Å². The first kappa shape index (κ1) is 8.26. The largest absolute Gasteiger partial charge is 0.478 e. The first-order valence-corrected chi connectivity index (χ1v) is 3.31. The predicted octanol–water partition coefficient (Wildman–Crippen LogP) is 0.466. The highest BCUT2D eigenvalue weighted by Crippen LogP contribution is 2.02. The first-order chi connectivity index (χ1) is 5.70. The van der Waals surface area contributed by atoms with Crippen LogP contribution in [0.2, 0.25) is 0 Å². The van der Waals surface area contributed by atoms with Gasteiger partial charge < -0.3 is 10.8 Å². The lowest BCUT2D eigenvalue weighted by molar-refractivity contribution is -0.131. The number of nitrogens with two attached hydrogens (primary N) is 1. The van der Waals surface area contributed by atoms with Crippen molar-refractivity contribution in [3.8, 4) is 0 Å². The monoisotopic (exact) mass is 164 g/mol. The molecule has 0 saturated heterocycles. The number of pyridine rings is 1. The standard InChI is InChI=1S/C8H8N2O2/c9-6(5-8(11)12)7-3-1-2-4-10-7/h1-5H,9H2,(H,11,12)/b6-5+. The zero-order chi connectivity index (χ0) is 8.97. The van der Waals surface area contributed by atoms with Gasteiger partial charge in [0, 0.05) is 12.3 Å². The quantitative estimate of drug-likeness (QED) is 0.623. The fourth-order valence-corrected chi connectivity index (χ4v) is 0.740. The summed E-state index contributed by atoms with van der Waals surface area (Å²) in [4.78, 5) is 14.1. The topological polar surface area (TPSA) is 76.2 Å². The molecule has 0 amide bonds. The second-order valence-electron chi connectivity index (χ2n) is 2.15. The molecule has 0 aliphatic heterocycles. The molecule has 3 N–H and O–H groups in total. The minimum atomic E-state index is -1.07. The van der Waals surface area contributed by atoms with Gasteiger partial charge in [-0.3, -0.25) is 4.98 Å². The highest BCUT2D eigenvalue weighted by atomic mass is 16.4. The van der Waals surface area contributed by atoms with E-state index in [1.165, 1.54) is 0 Å². The smallest absolute Gasteiger partial charge is 0.330 e. The normalized spacial score (nSPS) is 11.2. The van der Waals surface area contributed by atoms with E-state index in [0.29, 0.717) is 5.69 Å². The third kappa shape index (κ3) is 2.09. The van der Waals surface area contributed by atoms with Gasteiger partial charge in [0.05, 0.1) is 11.4 Å². The highest BCUT2D eigenvalue weighted by Gasteiger charge is 1.98. The summed E-state index contributed by atoms with van der Waals surface area (Å²) >= 11 is 0. The molecule has 0 aliphatic carbocycles. The fraction of sp³-hybridized carbons (Fsp3) is 0. The summed E-state index contributed by atoms with van der Waals surface area (Å²) in [7, 11) is 0. The Hall–Kier alpha value is -1.84. The van der Waals surface area contributed by atoms with Gasteiger partial charge >= 0.3 is 5.97 Å². The Morgan fingerprint density at radius 3 is 2.83 bits per heavy atom. The molecule has 0 radical (unpaired) electrons. The van der Waals surface area contributed by atoms with Crippen LogP contribution in [0.3, 0.4) is 0 Å². The van der Waals surface area contributed by atoms with E-state index in [4.69, 9.17) is 10.8 Å². The number of carbonyl (C=O) groups is 1. The molecule has 0 spiro atoms. The summed E-state index contributed by atoms with van der Waals surface area (Å²) in [5.41, 5.74) is 6.04. The van der Waals surface area contributed by atoms with Crippen LogP contribution >= 0.6 is 0 Å². The predicted molar refractivity (Wildman–Crippen MR) is 44.0 cm³/mol. The minimum absolute atomic E-state index is 0.156.